The number of nitrogens with two attached hydrogens (primary N) is 1. The van der Waals surface area contributed by atoms with Crippen molar-refractivity contribution in [1.29, 1.82) is 0 Å². The van der Waals surface area contributed by atoms with Crippen LogP contribution >= 0.6 is 0 Å². The van der Waals surface area contributed by atoms with E-state index in [9.17, 15) is 0 Å². The Labute approximate surface area is 90.7 Å². The summed E-state index contributed by atoms with van der Waals surface area (Å²) in [5, 5.41) is 0. The van der Waals surface area contributed by atoms with Crippen molar-refractivity contribution in [1.82, 2.24) is 4.98 Å². The van der Waals surface area contributed by atoms with Gasteiger partial charge in [0.1, 0.15) is 0 Å². The third-order valence-corrected chi connectivity index (χ3v) is 3.51. The predicted octanol–water partition coefficient (Wildman–Crippen LogP) is 1.86. The first kappa shape index (κ1) is 10.4. The average molecular weight is 206 g/mol. The Kier molecular flexibility index (Phi) is 2.91. The van der Waals surface area contributed by atoms with Crippen molar-refractivity contribution in [3.05, 3.63) is 23.9 Å². The van der Waals surface area contributed by atoms with Gasteiger partial charge in [0, 0.05) is 24.2 Å². The maximum Gasteiger partial charge on any atom is 0.212 e. The molecule has 1 aliphatic rings. The summed E-state index contributed by atoms with van der Waals surface area (Å²) in [6.07, 6.45) is 6.86. The molecule has 0 bridgehead atoms. The van der Waals surface area contributed by atoms with Gasteiger partial charge < -0.3 is 10.5 Å². The van der Waals surface area contributed by atoms with Crippen LogP contribution in [-0.4, -0.2) is 18.6 Å². The molecule has 0 aliphatic heterocycles. The second kappa shape index (κ2) is 4.19. The van der Waals surface area contributed by atoms with Crippen LogP contribution in [0.15, 0.2) is 18.3 Å². The quantitative estimate of drug-likeness (QED) is 0.821. The average Bonchev–Trinajstić information content (AvgIpc) is 2.79. The van der Waals surface area contributed by atoms with Gasteiger partial charge in [0.25, 0.3) is 0 Å². The van der Waals surface area contributed by atoms with Gasteiger partial charge in [-0.2, -0.15) is 0 Å². The molecule has 1 aromatic heterocycles. The van der Waals surface area contributed by atoms with Gasteiger partial charge >= 0.3 is 0 Å². The molecule has 0 amide bonds. The molecule has 82 valence electrons. The van der Waals surface area contributed by atoms with Gasteiger partial charge in [0.2, 0.25) is 5.88 Å². The molecule has 0 aromatic carbocycles. The molecule has 3 heteroatoms. The number of pyridine rings is 1. The Morgan fingerprint density at radius 2 is 2.13 bits per heavy atom. The van der Waals surface area contributed by atoms with Gasteiger partial charge in [-0.3, -0.25) is 0 Å². The van der Waals surface area contributed by atoms with Crippen LogP contribution in [0.5, 0.6) is 5.88 Å². The monoisotopic (exact) mass is 206 g/mol. The second-order valence-corrected chi connectivity index (χ2v) is 4.28. The number of nitrogens with zero attached hydrogens (tertiary/aromatic N) is 1. The standard InChI is InChI=1S/C12H18N2O/c1-15-11-5-4-10(8-14-11)12(9-13)6-2-3-7-12/h4-5,8H,2-3,6-7,9,13H2,1H3. The molecule has 2 N–H and O–H groups in total. The third kappa shape index (κ3) is 1.84. The van der Waals surface area contributed by atoms with Crippen LogP contribution in [0.2, 0.25) is 0 Å². The first-order chi connectivity index (χ1) is 7.30. The summed E-state index contributed by atoms with van der Waals surface area (Å²) < 4.78 is 5.06. The van der Waals surface area contributed by atoms with Crippen molar-refractivity contribution in [3.8, 4) is 5.88 Å². The minimum Gasteiger partial charge on any atom is -0.481 e. The van der Waals surface area contributed by atoms with E-state index in [-0.39, 0.29) is 5.41 Å². The van der Waals surface area contributed by atoms with Crippen LogP contribution in [0.3, 0.4) is 0 Å². The fourth-order valence-corrected chi connectivity index (χ4v) is 2.48. The van der Waals surface area contributed by atoms with E-state index in [1.807, 2.05) is 12.3 Å². The number of hydrogen-bond donors (Lipinski definition) is 1. The molecule has 15 heavy (non-hydrogen) atoms. The first-order valence-electron chi connectivity index (χ1n) is 5.51. The molecule has 1 fully saturated rings. The van der Waals surface area contributed by atoms with Crippen LogP contribution in [0.4, 0.5) is 0 Å². The highest BCUT2D eigenvalue weighted by Gasteiger charge is 2.34. The SMILES string of the molecule is COc1ccc(C2(CN)CCCC2)cn1. The van der Waals surface area contributed by atoms with Crippen molar-refractivity contribution >= 4 is 0 Å². The summed E-state index contributed by atoms with van der Waals surface area (Å²) in [6, 6.07) is 4.02. The lowest BCUT2D eigenvalue weighted by atomic mass is 9.80. The number of hydrogen-bond acceptors (Lipinski definition) is 3. The lowest BCUT2D eigenvalue weighted by Gasteiger charge is -2.27. The smallest absolute Gasteiger partial charge is 0.212 e. The highest BCUT2D eigenvalue weighted by atomic mass is 16.5. The minimum absolute atomic E-state index is 0.180. The highest BCUT2D eigenvalue weighted by molar-refractivity contribution is 5.27. The minimum atomic E-state index is 0.180. The molecule has 3 nitrogen and oxygen atoms in total. The summed E-state index contributed by atoms with van der Waals surface area (Å²) >= 11 is 0. The summed E-state index contributed by atoms with van der Waals surface area (Å²) in [4.78, 5) is 4.26. The van der Waals surface area contributed by atoms with Gasteiger partial charge in [-0.25, -0.2) is 4.98 Å². The zero-order chi connectivity index (χ0) is 10.7. The van der Waals surface area contributed by atoms with Gasteiger partial charge in [-0.1, -0.05) is 18.9 Å². The van der Waals surface area contributed by atoms with Crippen molar-refractivity contribution in [3.63, 3.8) is 0 Å². The van der Waals surface area contributed by atoms with Crippen LogP contribution in [-0.2, 0) is 5.41 Å². The van der Waals surface area contributed by atoms with E-state index >= 15 is 0 Å². The van der Waals surface area contributed by atoms with Gasteiger partial charge in [-0.05, 0) is 18.4 Å². The normalized spacial score (nSPS) is 19.1. The Morgan fingerprint density at radius 1 is 1.40 bits per heavy atom. The van der Waals surface area contributed by atoms with Crippen molar-refractivity contribution in [2.45, 2.75) is 31.1 Å². The fraction of sp³-hybridized carbons (Fsp3) is 0.583. The molecule has 0 spiro atoms. The maximum absolute atomic E-state index is 5.91. The molecule has 1 saturated carbocycles. The van der Waals surface area contributed by atoms with E-state index in [0.29, 0.717) is 5.88 Å². The second-order valence-electron chi connectivity index (χ2n) is 4.28. The van der Waals surface area contributed by atoms with E-state index in [4.69, 9.17) is 10.5 Å². The Balaban J connectivity index is 2.26. The number of methoxy groups -OCH3 is 1. The molecule has 1 aliphatic carbocycles. The summed E-state index contributed by atoms with van der Waals surface area (Å²) in [5.41, 5.74) is 7.36. The Hall–Kier alpha value is -1.09. The van der Waals surface area contributed by atoms with Crippen molar-refractivity contribution in [2.24, 2.45) is 5.73 Å². The van der Waals surface area contributed by atoms with Crippen LogP contribution in [0.1, 0.15) is 31.2 Å². The molecule has 0 atom stereocenters. The number of ether oxygens (including phenoxy) is 1. The maximum atomic E-state index is 5.91. The molecule has 0 radical (unpaired) electrons. The molecule has 0 unspecified atom stereocenters. The zero-order valence-electron chi connectivity index (χ0n) is 9.20. The summed E-state index contributed by atoms with van der Waals surface area (Å²) in [5.74, 6) is 0.670. The number of rotatable bonds is 3. The summed E-state index contributed by atoms with van der Waals surface area (Å²) in [6.45, 7) is 0.723. The molecule has 0 saturated heterocycles. The van der Waals surface area contributed by atoms with Gasteiger partial charge in [0.15, 0.2) is 0 Å². The largest absolute Gasteiger partial charge is 0.481 e. The first-order valence-corrected chi connectivity index (χ1v) is 5.51. The molecule has 1 heterocycles. The van der Waals surface area contributed by atoms with E-state index in [2.05, 4.69) is 11.1 Å². The zero-order valence-corrected chi connectivity index (χ0v) is 9.20. The van der Waals surface area contributed by atoms with Gasteiger partial charge in [0.05, 0.1) is 7.11 Å². The van der Waals surface area contributed by atoms with E-state index < -0.39 is 0 Å². The van der Waals surface area contributed by atoms with Crippen LogP contribution < -0.4 is 10.5 Å². The molecular formula is C12H18N2O. The van der Waals surface area contributed by atoms with Crippen molar-refractivity contribution in [2.75, 3.05) is 13.7 Å². The molecular weight excluding hydrogens is 188 g/mol. The Bertz CT molecular complexity index is 315. The van der Waals surface area contributed by atoms with Gasteiger partial charge in [-0.15, -0.1) is 0 Å². The summed E-state index contributed by atoms with van der Waals surface area (Å²) in [7, 11) is 1.64. The van der Waals surface area contributed by atoms with E-state index in [1.165, 1.54) is 31.2 Å². The lowest BCUT2D eigenvalue weighted by molar-refractivity contribution is 0.394. The van der Waals surface area contributed by atoms with E-state index in [0.717, 1.165) is 6.54 Å². The van der Waals surface area contributed by atoms with Crippen molar-refractivity contribution < 1.29 is 4.74 Å². The van der Waals surface area contributed by atoms with Crippen LogP contribution in [0.25, 0.3) is 0 Å². The fourth-order valence-electron chi connectivity index (χ4n) is 2.48. The highest BCUT2D eigenvalue weighted by Crippen LogP contribution is 2.40. The molecule has 1 aromatic rings. The van der Waals surface area contributed by atoms with Crippen LogP contribution in [0, 0.1) is 0 Å². The number of aromatic nitrogens is 1. The predicted molar refractivity (Wildman–Crippen MR) is 60.0 cm³/mol. The molecule has 2 rings (SSSR count). The van der Waals surface area contributed by atoms with E-state index in [1.54, 1.807) is 7.11 Å². The third-order valence-electron chi connectivity index (χ3n) is 3.51. The Morgan fingerprint density at radius 3 is 2.60 bits per heavy atom. The lowest BCUT2D eigenvalue weighted by Crippen LogP contribution is -2.32. The topological polar surface area (TPSA) is 48.1 Å².